The number of rotatable bonds is 2. The first-order chi connectivity index (χ1) is 7.20. The smallest absolute Gasteiger partial charge is 0.202 e. The number of aromatic nitrogens is 2. The molecule has 2 aromatic rings. The molecule has 0 bridgehead atoms. The molecule has 15 heavy (non-hydrogen) atoms. The second-order valence-electron chi connectivity index (χ2n) is 3.14. The Hall–Kier alpha value is -1.49. The number of aryl methyl sites for hydroxylation is 1. The molecule has 0 atom stereocenters. The minimum absolute atomic E-state index is 0.206. The molecular formula is C10H10FN3S. The van der Waals surface area contributed by atoms with E-state index in [0.29, 0.717) is 11.4 Å². The maximum Gasteiger partial charge on any atom is 0.202 e. The lowest BCUT2D eigenvalue weighted by molar-refractivity contribution is 0.618. The van der Waals surface area contributed by atoms with Crippen LogP contribution in [0.25, 0.3) is 11.4 Å². The molecule has 0 amide bonds. The zero-order valence-corrected chi connectivity index (χ0v) is 9.23. The zero-order valence-electron chi connectivity index (χ0n) is 8.41. The largest absolute Gasteiger partial charge is 0.363 e. The Balaban J connectivity index is 2.40. The highest BCUT2D eigenvalue weighted by molar-refractivity contribution is 7.09. The Labute approximate surface area is 91.2 Å². The van der Waals surface area contributed by atoms with Crippen molar-refractivity contribution in [1.29, 1.82) is 0 Å². The molecule has 0 saturated heterocycles. The summed E-state index contributed by atoms with van der Waals surface area (Å²) in [5, 5.41) is 3.67. The third-order valence-electron chi connectivity index (χ3n) is 2.06. The van der Waals surface area contributed by atoms with Crippen LogP contribution in [0.5, 0.6) is 0 Å². The fourth-order valence-corrected chi connectivity index (χ4v) is 1.76. The molecule has 0 unspecified atom stereocenters. The van der Waals surface area contributed by atoms with Crippen LogP contribution < -0.4 is 5.32 Å². The lowest BCUT2D eigenvalue weighted by atomic mass is 10.1. The van der Waals surface area contributed by atoms with Gasteiger partial charge in [0.2, 0.25) is 5.13 Å². The van der Waals surface area contributed by atoms with Gasteiger partial charge in [-0.05, 0) is 30.7 Å². The van der Waals surface area contributed by atoms with Crippen LogP contribution in [-0.2, 0) is 0 Å². The molecule has 1 aromatic heterocycles. The highest BCUT2D eigenvalue weighted by Crippen LogP contribution is 2.22. The first-order valence-electron chi connectivity index (χ1n) is 4.48. The average Bonchev–Trinajstić information content (AvgIpc) is 2.70. The molecule has 0 saturated carbocycles. The lowest BCUT2D eigenvalue weighted by Gasteiger charge is -1.98. The highest BCUT2D eigenvalue weighted by Gasteiger charge is 2.07. The Kier molecular flexibility index (Phi) is 2.64. The van der Waals surface area contributed by atoms with Crippen molar-refractivity contribution in [3.63, 3.8) is 0 Å². The van der Waals surface area contributed by atoms with Crippen molar-refractivity contribution < 1.29 is 4.39 Å². The van der Waals surface area contributed by atoms with E-state index >= 15 is 0 Å². The van der Waals surface area contributed by atoms with Gasteiger partial charge in [-0.3, -0.25) is 0 Å². The lowest BCUT2D eigenvalue weighted by Crippen LogP contribution is -1.88. The van der Waals surface area contributed by atoms with E-state index in [2.05, 4.69) is 14.7 Å². The van der Waals surface area contributed by atoms with E-state index in [1.807, 2.05) is 0 Å². The minimum Gasteiger partial charge on any atom is -0.363 e. The molecule has 0 radical (unpaired) electrons. The summed E-state index contributed by atoms with van der Waals surface area (Å²) >= 11 is 1.29. The van der Waals surface area contributed by atoms with Crippen molar-refractivity contribution in [2.75, 3.05) is 12.4 Å². The summed E-state index contributed by atoms with van der Waals surface area (Å²) in [7, 11) is 1.79. The van der Waals surface area contributed by atoms with Crippen LogP contribution in [-0.4, -0.2) is 16.4 Å². The first kappa shape index (κ1) is 10.0. The molecule has 0 spiro atoms. The van der Waals surface area contributed by atoms with Gasteiger partial charge in [0.05, 0.1) is 0 Å². The second kappa shape index (κ2) is 3.94. The van der Waals surface area contributed by atoms with Crippen LogP contribution in [0.1, 0.15) is 5.56 Å². The molecular weight excluding hydrogens is 213 g/mol. The van der Waals surface area contributed by atoms with Crippen LogP contribution in [0.15, 0.2) is 18.2 Å². The summed E-state index contributed by atoms with van der Waals surface area (Å²) in [5.74, 6) is 0.426. The van der Waals surface area contributed by atoms with E-state index in [1.54, 1.807) is 26.1 Å². The third-order valence-corrected chi connectivity index (χ3v) is 2.79. The fraction of sp³-hybridized carbons (Fsp3) is 0.200. The molecule has 2 rings (SSSR count). The van der Waals surface area contributed by atoms with Gasteiger partial charge in [-0.1, -0.05) is 0 Å². The number of nitrogens with one attached hydrogen (secondary N) is 1. The molecule has 1 N–H and O–H groups in total. The monoisotopic (exact) mass is 223 g/mol. The van der Waals surface area contributed by atoms with Crippen LogP contribution in [0, 0.1) is 12.7 Å². The standard InChI is InChI=1S/C10H10FN3S/c1-6-5-7(3-4-8(6)11)9-13-10(12-2)15-14-9/h3-5H,1-2H3,(H,12,13,14). The number of nitrogens with zero attached hydrogens (tertiary/aromatic N) is 2. The molecule has 0 aliphatic carbocycles. The molecule has 0 aliphatic rings. The van der Waals surface area contributed by atoms with Crippen LogP contribution >= 0.6 is 11.5 Å². The number of hydrogen-bond acceptors (Lipinski definition) is 4. The van der Waals surface area contributed by atoms with Crippen LogP contribution in [0.3, 0.4) is 0 Å². The SMILES string of the molecule is CNc1nc(-c2ccc(F)c(C)c2)ns1. The first-order valence-corrected chi connectivity index (χ1v) is 5.26. The molecule has 1 aromatic carbocycles. The van der Waals surface area contributed by atoms with E-state index in [1.165, 1.54) is 17.6 Å². The van der Waals surface area contributed by atoms with E-state index in [4.69, 9.17) is 0 Å². The van der Waals surface area contributed by atoms with Gasteiger partial charge in [-0.15, -0.1) is 0 Å². The van der Waals surface area contributed by atoms with Crippen molar-refractivity contribution in [3.05, 3.63) is 29.6 Å². The van der Waals surface area contributed by atoms with Gasteiger partial charge in [0.25, 0.3) is 0 Å². The summed E-state index contributed by atoms with van der Waals surface area (Å²) in [6, 6.07) is 4.87. The highest BCUT2D eigenvalue weighted by atomic mass is 32.1. The molecule has 0 fully saturated rings. The zero-order chi connectivity index (χ0) is 10.8. The van der Waals surface area contributed by atoms with Gasteiger partial charge in [-0.2, -0.15) is 9.36 Å². The molecule has 78 valence electrons. The fourth-order valence-electron chi connectivity index (χ4n) is 1.23. The number of hydrogen-bond donors (Lipinski definition) is 1. The van der Waals surface area contributed by atoms with Crippen LogP contribution in [0.2, 0.25) is 0 Å². The minimum atomic E-state index is -0.206. The summed E-state index contributed by atoms with van der Waals surface area (Å²) in [6.07, 6.45) is 0. The Morgan fingerprint density at radius 2 is 2.20 bits per heavy atom. The predicted octanol–water partition coefficient (Wildman–Crippen LogP) is 2.69. The molecule has 5 heteroatoms. The number of halogens is 1. The van der Waals surface area contributed by atoms with Gasteiger partial charge in [-0.25, -0.2) is 4.39 Å². The quantitative estimate of drug-likeness (QED) is 0.850. The maximum atomic E-state index is 13.0. The van der Waals surface area contributed by atoms with Gasteiger partial charge < -0.3 is 5.32 Å². The Bertz CT molecular complexity index is 481. The van der Waals surface area contributed by atoms with Crippen molar-refractivity contribution in [3.8, 4) is 11.4 Å². The molecule has 0 aliphatic heterocycles. The van der Waals surface area contributed by atoms with Gasteiger partial charge in [0.15, 0.2) is 5.82 Å². The summed E-state index contributed by atoms with van der Waals surface area (Å²) in [5.41, 5.74) is 1.44. The normalized spacial score (nSPS) is 10.3. The third kappa shape index (κ3) is 1.97. The number of anilines is 1. The van der Waals surface area contributed by atoms with E-state index in [-0.39, 0.29) is 5.82 Å². The summed E-state index contributed by atoms with van der Waals surface area (Å²) in [4.78, 5) is 4.24. The van der Waals surface area contributed by atoms with Crippen molar-refractivity contribution in [2.24, 2.45) is 0 Å². The van der Waals surface area contributed by atoms with Crippen molar-refractivity contribution >= 4 is 16.7 Å². The van der Waals surface area contributed by atoms with Crippen molar-refractivity contribution in [2.45, 2.75) is 6.92 Å². The predicted molar refractivity (Wildman–Crippen MR) is 59.6 cm³/mol. The Morgan fingerprint density at radius 3 is 2.80 bits per heavy atom. The maximum absolute atomic E-state index is 13.0. The van der Waals surface area contributed by atoms with E-state index in [9.17, 15) is 4.39 Å². The Morgan fingerprint density at radius 1 is 1.40 bits per heavy atom. The van der Waals surface area contributed by atoms with Gasteiger partial charge in [0.1, 0.15) is 5.82 Å². The second-order valence-corrected chi connectivity index (χ2v) is 3.89. The van der Waals surface area contributed by atoms with Crippen molar-refractivity contribution in [1.82, 2.24) is 9.36 Å². The summed E-state index contributed by atoms with van der Waals surface area (Å²) in [6.45, 7) is 1.73. The molecule has 1 heterocycles. The topological polar surface area (TPSA) is 37.8 Å². The summed E-state index contributed by atoms with van der Waals surface area (Å²) < 4.78 is 17.2. The van der Waals surface area contributed by atoms with E-state index < -0.39 is 0 Å². The average molecular weight is 223 g/mol. The molecule has 3 nitrogen and oxygen atoms in total. The van der Waals surface area contributed by atoms with Crippen LogP contribution in [0.4, 0.5) is 9.52 Å². The van der Waals surface area contributed by atoms with Gasteiger partial charge in [0, 0.05) is 24.1 Å². The number of benzene rings is 1. The van der Waals surface area contributed by atoms with Gasteiger partial charge >= 0.3 is 0 Å². The van der Waals surface area contributed by atoms with E-state index in [0.717, 1.165) is 10.7 Å².